The van der Waals surface area contributed by atoms with E-state index < -0.39 is 0 Å². The Morgan fingerprint density at radius 2 is 1.94 bits per heavy atom. The zero-order chi connectivity index (χ0) is 12.1. The van der Waals surface area contributed by atoms with E-state index in [1.54, 1.807) is 0 Å². The second-order valence-electron chi connectivity index (χ2n) is 5.62. The lowest BCUT2D eigenvalue weighted by molar-refractivity contribution is 0.191. The van der Waals surface area contributed by atoms with Crippen molar-refractivity contribution in [1.29, 1.82) is 0 Å². The van der Waals surface area contributed by atoms with Gasteiger partial charge in [0.1, 0.15) is 0 Å². The molecule has 16 heavy (non-hydrogen) atoms. The van der Waals surface area contributed by atoms with Crippen LogP contribution < -0.4 is 5.32 Å². The molecule has 1 saturated heterocycles. The van der Waals surface area contributed by atoms with E-state index in [1.807, 2.05) is 0 Å². The standard InChI is InChI=1S/C14H30N2/c1-6-11(3)14-13(8-9-16(14)5)10-15-12(4)7-2/h11-15H,6-10H2,1-5H3/t11?,12?,13-,14+/m1/s1. The summed E-state index contributed by atoms with van der Waals surface area (Å²) in [6.07, 6.45) is 3.90. The third kappa shape index (κ3) is 3.46. The highest BCUT2D eigenvalue weighted by molar-refractivity contribution is 4.89. The van der Waals surface area contributed by atoms with Crippen molar-refractivity contribution in [2.24, 2.45) is 11.8 Å². The second kappa shape index (κ2) is 6.61. The van der Waals surface area contributed by atoms with Crippen LogP contribution in [-0.4, -0.2) is 37.1 Å². The zero-order valence-electron chi connectivity index (χ0n) is 11.8. The van der Waals surface area contributed by atoms with Crippen LogP contribution in [0.15, 0.2) is 0 Å². The van der Waals surface area contributed by atoms with Crippen molar-refractivity contribution >= 4 is 0 Å². The molecule has 0 aromatic carbocycles. The molecule has 1 fully saturated rings. The largest absolute Gasteiger partial charge is 0.314 e. The number of hydrogen-bond donors (Lipinski definition) is 1. The molecule has 1 N–H and O–H groups in total. The van der Waals surface area contributed by atoms with Gasteiger partial charge in [-0.15, -0.1) is 0 Å². The summed E-state index contributed by atoms with van der Waals surface area (Å²) in [5.41, 5.74) is 0. The first-order chi connectivity index (χ1) is 7.60. The minimum absolute atomic E-state index is 0.670. The Morgan fingerprint density at radius 1 is 1.25 bits per heavy atom. The van der Waals surface area contributed by atoms with Crippen LogP contribution in [0.5, 0.6) is 0 Å². The van der Waals surface area contributed by atoms with Gasteiger partial charge < -0.3 is 10.2 Å². The van der Waals surface area contributed by atoms with Crippen LogP contribution in [-0.2, 0) is 0 Å². The maximum Gasteiger partial charge on any atom is 0.0159 e. The number of nitrogens with zero attached hydrogens (tertiary/aromatic N) is 1. The highest BCUT2D eigenvalue weighted by Gasteiger charge is 2.34. The van der Waals surface area contributed by atoms with Gasteiger partial charge in [0.05, 0.1) is 0 Å². The molecule has 0 amide bonds. The van der Waals surface area contributed by atoms with Crippen LogP contribution in [0.2, 0.25) is 0 Å². The first kappa shape index (κ1) is 14.0. The summed E-state index contributed by atoms with van der Waals surface area (Å²) in [7, 11) is 2.29. The quantitative estimate of drug-likeness (QED) is 0.749. The van der Waals surface area contributed by atoms with E-state index in [4.69, 9.17) is 0 Å². The van der Waals surface area contributed by atoms with Gasteiger partial charge in [-0.3, -0.25) is 0 Å². The zero-order valence-corrected chi connectivity index (χ0v) is 11.8. The third-order valence-corrected chi connectivity index (χ3v) is 4.41. The molecule has 0 spiro atoms. The van der Waals surface area contributed by atoms with Gasteiger partial charge in [-0.25, -0.2) is 0 Å². The van der Waals surface area contributed by atoms with Crippen molar-refractivity contribution in [1.82, 2.24) is 10.2 Å². The Hall–Kier alpha value is -0.0800. The first-order valence-corrected chi connectivity index (χ1v) is 7.03. The van der Waals surface area contributed by atoms with Gasteiger partial charge >= 0.3 is 0 Å². The molecule has 2 unspecified atom stereocenters. The molecule has 0 aromatic heterocycles. The minimum Gasteiger partial charge on any atom is -0.314 e. The van der Waals surface area contributed by atoms with E-state index in [2.05, 4.69) is 45.0 Å². The predicted octanol–water partition coefficient (Wildman–Crippen LogP) is 2.74. The van der Waals surface area contributed by atoms with Gasteiger partial charge in [0.15, 0.2) is 0 Å². The molecular formula is C14H30N2. The fourth-order valence-electron chi connectivity index (χ4n) is 2.91. The van der Waals surface area contributed by atoms with Gasteiger partial charge in [-0.05, 0) is 51.7 Å². The lowest BCUT2D eigenvalue weighted by atomic mass is 9.88. The molecule has 0 aliphatic carbocycles. The molecule has 2 nitrogen and oxygen atoms in total. The predicted molar refractivity (Wildman–Crippen MR) is 71.7 cm³/mol. The number of likely N-dealkylation sites (tertiary alicyclic amines) is 1. The number of hydrogen-bond acceptors (Lipinski definition) is 2. The van der Waals surface area contributed by atoms with Crippen LogP contribution in [0.4, 0.5) is 0 Å². The minimum atomic E-state index is 0.670. The summed E-state index contributed by atoms with van der Waals surface area (Å²) in [5.74, 6) is 1.69. The molecule has 0 bridgehead atoms. The monoisotopic (exact) mass is 226 g/mol. The van der Waals surface area contributed by atoms with E-state index in [0.717, 1.165) is 17.9 Å². The molecule has 96 valence electrons. The van der Waals surface area contributed by atoms with Crippen molar-refractivity contribution in [2.75, 3.05) is 20.1 Å². The summed E-state index contributed by atoms with van der Waals surface area (Å²) in [5, 5.41) is 3.68. The van der Waals surface area contributed by atoms with E-state index in [0.29, 0.717) is 6.04 Å². The fraction of sp³-hybridized carbons (Fsp3) is 1.00. The van der Waals surface area contributed by atoms with Crippen LogP contribution in [0.25, 0.3) is 0 Å². The van der Waals surface area contributed by atoms with Crippen LogP contribution in [0, 0.1) is 11.8 Å². The first-order valence-electron chi connectivity index (χ1n) is 7.03. The summed E-state index contributed by atoms with van der Waals surface area (Å²) < 4.78 is 0. The van der Waals surface area contributed by atoms with Gasteiger partial charge in [-0.1, -0.05) is 27.2 Å². The Balaban J connectivity index is 2.45. The van der Waals surface area contributed by atoms with Crippen molar-refractivity contribution in [2.45, 2.75) is 59.0 Å². The third-order valence-electron chi connectivity index (χ3n) is 4.41. The smallest absolute Gasteiger partial charge is 0.0159 e. The van der Waals surface area contributed by atoms with Gasteiger partial charge in [-0.2, -0.15) is 0 Å². The highest BCUT2D eigenvalue weighted by atomic mass is 15.2. The van der Waals surface area contributed by atoms with Gasteiger partial charge in [0, 0.05) is 12.1 Å². The molecule has 0 aromatic rings. The maximum absolute atomic E-state index is 3.68. The molecule has 0 saturated carbocycles. The number of rotatable bonds is 6. The van der Waals surface area contributed by atoms with Crippen LogP contribution >= 0.6 is 0 Å². The fourth-order valence-corrected chi connectivity index (χ4v) is 2.91. The van der Waals surface area contributed by atoms with E-state index in [1.165, 1.54) is 32.4 Å². The molecule has 1 heterocycles. The highest BCUT2D eigenvalue weighted by Crippen LogP contribution is 2.29. The van der Waals surface area contributed by atoms with Crippen LogP contribution in [0.3, 0.4) is 0 Å². The van der Waals surface area contributed by atoms with E-state index in [-0.39, 0.29) is 0 Å². The van der Waals surface area contributed by atoms with Crippen LogP contribution in [0.1, 0.15) is 47.0 Å². The topological polar surface area (TPSA) is 15.3 Å². The molecule has 2 heteroatoms. The van der Waals surface area contributed by atoms with Crippen molar-refractivity contribution in [3.8, 4) is 0 Å². The van der Waals surface area contributed by atoms with Gasteiger partial charge in [0.25, 0.3) is 0 Å². The SMILES string of the molecule is CCC(C)NC[C@H]1CCN(C)[C@H]1C(C)CC. The Labute approximate surface area is 102 Å². The summed E-state index contributed by atoms with van der Waals surface area (Å²) in [4.78, 5) is 2.57. The molecule has 1 aliphatic heterocycles. The molecule has 0 radical (unpaired) electrons. The lowest BCUT2D eigenvalue weighted by Crippen LogP contribution is -2.40. The average Bonchev–Trinajstić information content (AvgIpc) is 2.66. The van der Waals surface area contributed by atoms with Crippen molar-refractivity contribution in [3.05, 3.63) is 0 Å². The Kier molecular flexibility index (Phi) is 5.77. The molecule has 4 atom stereocenters. The van der Waals surface area contributed by atoms with E-state index in [9.17, 15) is 0 Å². The maximum atomic E-state index is 3.68. The van der Waals surface area contributed by atoms with Crippen molar-refractivity contribution < 1.29 is 0 Å². The van der Waals surface area contributed by atoms with E-state index >= 15 is 0 Å². The second-order valence-corrected chi connectivity index (χ2v) is 5.62. The average molecular weight is 226 g/mol. The molecule has 1 aliphatic rings. The van der Waals surface area contributed by atoms with Gasteiger partial charge in [0.2, 0.25) is 0 Å². The summed E-state index contributed by atoms with van der Waals surface area (Å²) >= 11 is 0. The normalized spacial score (nSPS) is 30.6. The summed E-state index contributed by atoms with van der Waals surface area (Å²) in [6.45, 7) is 11.7. The number of nitrogens with one attached hydrogen (secondary N) is 1. The molecule has 1 rings (SSSR count). The van der Waals surface area contributed by atoms with Crippen molar-refractivity contribution in [3.63, 3.8) is 0 Å². The Morgan fingerprint density at radius 3 is 2.50 bits per heavy atom. The molecular weight excluding hydrogens is 196 g/mol. The lowest BCUT2D eigenvalue weighted by Gasteiger charge is -2.31. The Bertz CT molecular complexity index is 193. The summed E-state index contributed by atoms with van der Waals surface area (Å²) in [6, 6.07) is 1.46.